The van der Waals surface area contributed by atoms with E-state index in [9.17, 15) is 4.79 Å². The molecule has 0 fully saturated rings. The molecule has 0 aromatic heterocycles. The van der Waals surface area contributed by atoms with Gasteiger partial charge in [0.1, 0.15) is 6.54 Å². The Kier molecular flexibility index (Phi) is 3.87. The van der Waals surface area contributed by atoms with Crippen molar-refractivity contribution in [3.05, 3.63) is 35.4 Å². The van der Waals surface area contributed by atoms with Crippen LogP contribution < -0.4 is 0 Å². The van der Waals surface area contributed by atoms with Crippen LogP contribution in [0.4, 0.5) is 0 Å². The highest BCUT2D eigenvalue weighted by Crippen LogP contribution is 2.10. The minimum absolute atomic E-state index is 0.0721. The molecule has 0 aliphatic heterocycles. The highest BCUT2D eigenvalue weighted by Gasteiger charge is 2.14. The van der Waals surface area contributed by atoms with Gasteiger partial charge in [-0.2, -0.15) is 5.26 Å². The van der Waals surface area contributed by atoms with E-state index < -0.39 is 0 Å². The SMILES string of the molecule is CCN(CC#N)C(=O)c1ccccc1C. The summed E-state index contributed by atoms with van der Waals surface area (Å²) >= 11 is 0. The average molecular weight is 202 g/mol. The first-order valence-electron chi connectivity index (χ1n) is 4.92. The minimum Gasteiger partial charge on any atom is -0.326 e. The maximum atomic E-state index is 12.0. The summed E-state index contributed by atoms with van der Waals surface area (Å²) in [6, 6.07) is 9.41. The Morgan fingerprint density at radius 2 is 2.13 bits per heavy atom. The molecule has 0 aliphatic carbocycles. The van der Waals surface area contributed by atoms with Gasteiger partial charge in [-0.15, -0.1) is 0 Å². The van der Waals surface area contributed by atoms with E-state index in [0.717, 1.165) is 5.56 Å². The second kappa shape index (κ2) is 5.16. The molecule has 0 radical (unpaired) electrons. The molecule has 1 amide bonds. The van der Waals surface area contributed by atoms with Gasteiger partial charge in [-0.05, 0) is 25.5 Å². The molecule has 0 atom stereocenters. The van der Waals surface area contributed by atoms with Crippen molar-refractivity contribution in [1.82, 2.24) is 4.90 Å². The first kappa shape index (κ1) is 11.3. The topological polar surface area (TPSA) is 44.1 Å². The van der Waals surface area contributed by atoms with Crippen molar-refractivity contribution in [2.45, 2.75) is 13.8 Å². The Hall–Kier alpha value is -1.82. The quantitative estimate of drug-likeness (QED) is 0.703. The lowest BCUT2D eigenvalue weighted by atomic mass is 10.1. The summed E-state index contributed by atoms with van der Waals surface area (Å²) in [5.41, 5.74) is 1.62. The van der Waals surface area contributed by atoms with Crippen LogP contribution in [-0.4, -0.2) is 23.9 Å². The Bertz CT molecular complexity index is 393. The smallest absolute Gasteiger partial charge is 0.254 e. The number of amides is 1. The van der Waals surface area contributed by atoms with E-state index in [1.807, 2.05) is 38.1 Å². The first-order chi connectivity index (χ1) is 7.20. The van der Waals surface area contributed by atoms with E-state index in [2.05, 4.69) is 0 Å². The molecule has 0 saturated carbocycles. The normalized spacial score (nSPS) is 9.40. The molecule has 78 valence electrons. The Balaban J connectivity index is 2.94. The van der Waals surface area contributed by atoms with Crippen molar-refractivity contribution >= 4 is 5.91 Å². The zero-order chi connectivity index (χ0) is 11.3. The number of nitrogens with zero attached hydrogens (tertiary/aromatic N) is 2. The van der Waals surface area contributed by atoms with Crippen LogP contribution in [0.25, 0.3) is 0 Å². The number of rotatable bonds is 3. The van der Waals surface area contributed by atoms with Crippen LogP contribution in [0.1, 0.15) is 22.8 Å². The van der Waals surface area contributed by atoms with Crippen molar-refractivity contribution in [2.24, 2.45) is 0 Å². The van der Waals surface area contributed by atoms with Crippen LogP contribution in [0.15, 0.2) is 24.3 Å². The van der Waals surface area contributed by atoms with Crippen LogP contribution in [0, 0.1) is 18.3 Å². The van der Waals surface area contributed by atoms with E-state index in [1.165, 1.54) is 4.90 Å². The van der Waals surface area contributed by atoms with Crippen LogP contribution in [-0.2, 0) is 0 Å². The lowest BCUT2D eigenvalue weighted by Gasteiger charge is -2.18. The lowest BCUT2D eigenvalue weighted by Crippen LogP contribution is -2.31. The maximum Gasteiger partial charge on any atom is 0.254 e. The minimum atomic E-state index is -0.0721. The fraction of sp³-hybridized carbons (Fsp3) is 0.333. The third-order valence-electron chi connectivity index (χ3n) is 2.31. The first-order valence-corrected chi connectivity index (χ1v) is 4.92. The van der Waals surface area contributed by atoms with Crippen LogP contribution in [0.3, 0.4) is 0 Å². The summed E-state index contributed by atoms with van der Waals surface area (Å²) in [5.74, 6) is -0.0721. The van der Waals surface area contributed by atoms with Crippen molar-refractivity contribution in [3.63, 3.8) is 0 Å². The second-order valence-corrected chi connectivity index (χ2v) is 3.29. The zero-order valence-corrected chi connectivity index (χ0v) is 9.03. The number of carbonyl (C=O) groups is 1. The van der Waals surface area contributed by atoms with E-state index in [-0.39, 0.29) is 12.5 Å². The molecule has 0 unspecified atom stereocenters. The highest BCUT2D eigenvalue weighted by molar-refractivity contribution is 5.95. The molecule has 0 bridgehead atoms. The van der Waals surface area contributed by atoms with Gasteiger partial charge in [-0.1, -0.05) is 18.2 Å². The number of hydrogen-bond donors (Lipinski definition) is 0. The summed E-state index contributed by atoms with van der Waals surface area (Å²) in [6.07, 6.45) is 0. The van der Waals surface area contributed by atoms with Gasteiger partial charge < -0.3 is 4.90 Å². The number of hydrogen-bond acceptors (Lipinski definition) is 2. The van der Waals surface area contributed by atoms with Crippen LogP contribution >= 0.6 is 0 Å². The molecule has 0 saturated heterocycles. The third kappa shape index (κ3) is 2.57. The Labute approximate surface area is 89.9 Å². The van der Waals surface area contributed by atoms with Gasteiger partial charge in [0.05, 0.1) is 6.07 Å². The molecule has 0 spiro atoms. The second-order valence-electron chi connectivity index (χ2n) is 3.29. The van der Waals surface area contributed by atoms with Gasteiger partial charge >= 0.3 is 0 Å². The fourth-order valence-corrected chi connectivity index (χ4v) is 1.40. The number of nitriles is 1. The molecule has 1 aromatic carbocycles. The fourth-order valence-electron chi connectivity index (χ4n) is 1.40. The summed E-state index contributed by atoms with van der Waals surface area (Å²) in [7, 11) is 0. The zero-order valence-electron chi connectivity index (χ0n) is 9.03. The molecule has 15 heavy (non-hydrogen) atoms. The molecular weight excluding hydrogens is 188 g/mol. The average Bonchev–Trinajstić information content (AvgIpc) is 2.25. The largest absolute Gasteiger partial charge is 0.326 e. The van der Waals surface area contributed by atoms with Crippen molar-refractivity contribution < 1.29 is 4.79 Å². The lowest BCUT2D eigenvalue weighted by molar-refractivity contribution is 0.0783. The van der Waals surface area contributed by atoms with Crippen molar-refractivity contribution in [3.8, 4) is 6.07 Å². The monoisotopic (exact) mass is 202 g/mol. The summed E-state index contributed by atoms with van der Waals surface area (Å²) in [4.78, 5) is 13.5. The number of benzene rings is 1. The summed E-state index contributed by atoms with van der Waals surface area (Å²) in [6.45, 7) is 4.46. The van der Waals surface area contributed by atoms with Gasteiger partial charge in [0.25, 0.3) is 5.91 Å². The molecular formula is C12H14N2O. The van der Waals surface area contributed by atoms with Gasteiger partial charge in [0.15, 0.2) is 0 Å². The predicted molar refractivity (Wildman–Crippen MR) is 58.4 cm³/mol. The Morgan fingerprint density at radius 3 is 2.67 bits per heavy atom. The standard InChI is InChI=1S/C12H14N2O/c1-3-14(9-8-13)12(15)11-7-5-4-6-10(11)2/h4-7H,3,9H2,1-2H3. The molecule has 3 nitrogen and oxygen atoms in total. The van der Waals surface area contributed by atoms with E-state index in [1.54, 1.807) is 6.07 Å². The molecule has 3 heteroatoms. The molecule has 0 heterocycles. The number of carbonyl (C=O) groups excluding carboxylic acids is 1. The van der Waals surface area contributed by atoms with E-state index in [4.69, 9.17) is 5.26 Å². The van der Waals surface area contributed by atoms with E-state index in [0.29, 0.717) is 12.1 Å². The summed E-state index contributed by atoms with van der Waals surface area (Å²) < 4.78 is 0. The van der Waals surface area contributed by atoms with Gasteiger partial charge in [-0.3, -0.25) is 4.79 Å². The molecule has 1 aromatic rings. The van der Waals surface area contributed by atoms with Crippen LogP contribution in [0.2, 0.25) is 0 Å². The Morgan fingerprint density at radius 1 is 1.47 bits per heavy atom. The third-order valence-corrected chi connectivity index (χ3v) is 2.31. The predicted octanol–water partition coefficient (Wildman–Crippen LogP) is 1.98. The highest BCUT2D eigenvalue weighted by atomic mass is 16.2. The van der Waals surface area contributed by atoms with Gasteiger partial charge in [-0.25, -0.2) is 0 Å². The van der Waals surface area contributed by atoms with Crippen LogP contribution in [0.5, 0.6) is 0 Å². The van der Waals surface area contributed by atoms with Gasteiger partial charge in [0, 0.05) is 12.1 Å². The maximum absolute atomic E-state index is 12.0. The number of aryl methyl sites for hydroxylation is 1. The molecule has 0 aliphatic rings. The summed E-state index contributed by atoms with van der Waals surface area (Å²) in [5, 5.41) is 8.59. The van der Waals surface area contributed by atoms with Gasteiger partial charge in [0.2, 0.25) is 0 Å². The molecule has 1 rings (SSSR count). The van der Waals surface area contributed by atoms with Crippen molar-refractivity contribution in [1.29, 1.82) is 5.26 Å². The molecule has 0 N–H and O–H groups in total. The van der Waals surface area contributed by atoms with E-state index >= 15 is 0 Å². The van der Waals surface area contributed by atoms with Crippen molar-refractivity contribution in [2.75, 3.05) is 13.1 Å².